The molecule has 0 amide bonds. The zero-order chi connectivity index (χ0) is 30.1. The van der Waals surface area contributed by atoms with Gasteiger partial charge in [-0.3, -0.25) is 9.36 Å². The fourth-order valence-corrected chi connectivity index (χ4v) is 5.60. The second-order valence-corrected chi connectivity index (χ2v) is 11.4. The molecule has 1 aromatic carbocycles. The van der Waals surface area contributed by atoms with Crippen molar-refractivity contribution >= 4 is 34.7 Å². The van der Waals surface area contributed by atoms with Crippen LogP contribution in [-0.2, 0) is 0 Å². The lowest BCUT2D eigenvalue weighted by Gasteiger charge is -2.35. The van der Waals surface area contributed by atoms with Crippen molar-refractivity contribution in [3.63, 3.8) is 0 Å². The Morgan fingerprint density at radius 2 is 1.83 bits per heavy atom. The first-order valence-corrected chi connectivity index (χ1v) is 14.0. The molecular weight excluding hydrogens is 572 g/mol. The van der Waals surface area contributed by atoms with Crippen LogP contribution < -0.4 is 15.6 Å². The molecule has 3 atom stereocenters. The second-order valence-electron chi connectivity index (χ2n) is 10.5. The molecule has 41 heavy (non-hydrogen) atoms. The molecule has 2 N–H and O–H groups in total. The van der Waals surface area contributed by atoms with E-state index in [2.05, 4.69) is 25.0 Å². The van der Waals surface area contributed by atoms with E-state index in [1.54, 1.807) is 13.8 Å². The topological polar surface area (TPSA) is 88.0 Å². The number of aromatic nitrogens is 4. The second kappa shape index (κ2) is 12.4. The summed E-state index contributed by atoms with van der Waals surface area (Å²) >= 11 is 0.513. The lowest BCUT2D eigenvalue weighted by atomic mass is 9.89. The number of nitrogens with zero attached hydrogens (tertiary/aromatic N) is 5. The Labute approximate surface area is 237 Å². The normalized spacial score (nSPS) is 19.8. The molecule has 0 bridgehead atoms. The molecule has 0 aliphatic heterocycles. The van der Waals surface area contributed by atoms with Crippen molar-refractivity contribution in [3.8, 4) is 11.3 Å². The molecule has 1 aliphatic carbocycles. The first-order chi connectivity index (χ1) is 19.2. The molecule has 3 aromatic rings. The number of benzene rings is 1. The van der Waals surface area contributed by atoms with E-state index in [1.165, 1.54) is 10.8 Å². The molecule has 1 aliphatic rings. The van der Waals surface area contributed by atoms with Gasteiger partial charge in [0.2, 0.25) is 5.95 Å². The highest BCUT2D eigenvalue weighted by molar-refractivity contribution is 8.00. The van der Waals surface area contributed by atoms with Gasteiger partial charge in [0.1, 0.15) is 23.1 Å². The van der Waals surface area contributed by atoms with Crippen molar-refractivity contribution in [3.05, 3.63) is 40.3 Å². The Hall–Kier alpha value is -3.07. The van der Waals surface area contributed by atoms with E-state index in [0.717, 1.165) is 12.1 Å². The zero-order valence-electron chi connectivity index (χ0n) is 22.9. The van der Waals surface area contributed by atoms with Crippen LogP contribution in [0.1, 0.15) is 45.6 Å². The number of fused-ring (bicyclic) bond motifs is 1. The van der Waals surface area contributed by atoms with Crippen LogP contribution in [-0.4, -0.2) is 68.7 Å². The Morgan fingerprint density at radius 1 is 1.15 bits per heavy atom. The Balaban J connectivity index is 1.61. The van der Waals surface area contributed by atoms with Crippen LogP contribution in [0.2, 0.25) is 0 Å². The largest absolute Gasteiger partial charge is 0.389 e. The monoisotopic (exact) mass is 603 g/mol. The van der Waals surface area contributed by atoms with E-state index in [0.29, 0.717) is 24.8 Å². The minimum atomic E-state index is -4.39. The summed E-state index contributed by atoms with van der Waals surface area (Å²) in [6, 6.07) is 1.01. The number of hydrogen-bond acceptors (Lipinski definition) is 8. The molecule has 0 spiro atoms. The summed E-state index contributed by atoms with van der Waals surface area (Å²) in [4.78, 5) is 28.4. The van der Waals surface area contributed by atoms with Crippen molar-refractivity contribution in [2.24, 2.45) is 0 Å². The molecular formula is C26H31F6N7OS. The van der Waals surface area contributed by atoms with Gasteiger partial charge in [-0.05, 0) is 52.9 Å². The average Bonchev–Trinajstić information content (AvgIpc) is 2.86. The lowest BCUT2D eigenvalue weighted by Crippen LogP contribution is -2.44. The van der Waals surface area contributed by atoms with E-state index >= 15 is 0 Å². The van der Waals surface area contributed by atoms with Crippen LogP contribution in [0.4, 0.5) is 38.0 Å². The predicted molar refractivity (Wildman–Crippen MR) is 148 cm³/mol. The number of hydrogen-bond donors (Lipinski definition) is 2. The molecule has 1 saturated carbocycles. The zero-order valence-corrected chi connectivity index (χ0v) is 23.7. The van der Waals surface area contributed by atoms with Gasteiger partial charge in [0, 0.05) is 35.9 Å². The van der Waals surface area contributed by atoms with Crippen molar-refractivity contribution in [1.82, 2.24) is 24.4 Å². The third kappa shape index (κ3) is 7.23. The summed E-state index contributed by atoms with van der Waals surface area (Å²) in [5.41, 5.74) is -1.27. The van der Waals surface area contributed by atoms with Gasteiger partial charge in [0.05, 0.1) is 12.6 Å². The minimum Gasteiger partial charge on any atom is -0.351 e. The fraction of sp³-hybridized carbons (Fsp3) is 0.538. The van der Waals surface area contributed by atoms with Crippen molar-refractivity contribution in [1.29, 1.82) is 0 Å². The first-order valence-electron chi connectivity index (χ1n) is 13.1. The van der Waals surface area contributed by atoms with E-state index in [9.17, 15) is 31.1 Å². The predicted octanol–water partition coefficient (Wildman–Crippen LogP) is 5.96. The molecule has 224 valence electrons. The minimum absolute atomic E-state index is 0.152. The van der Waals surface area contributed by atoms with Crippen LogP contribution in [0.15, 0.2) is 23.1 Å². The van der Waals surface area contributed by atoms with Gasteiger partial charge in [-0.25, -0.2) is 23.1 Å². The smallest absolute Gasteiger partial charge is 0.351 e. The quantitative estimate of drug-likeness (QED) is 0.176. The third-order valence-electron chi connectivity index (χ3n) is 6.86. The van der Waals surface area contributed by atoms with Crippen molar-refractivity contribution in [2.45, 2.75) is 70.0 Å². The molecule has 4 rings (SSSR count). The number of alkyl halides is 4. The van der Waals surface area contributed by atoms with E-state index < -0.39 is 53.4 Å². The molecule has 15 heteroatoms. The van der Waals surface area contributed by atoms with Crippen molar-refractivity contribution < 1.29 is 26.3 Å². The standard InChI is InChI=1S/C26H31F6N7OS/c1-13(2)39-23-19(12-33-25(36-23)34-15-5-6-20(38(3)4)16(27)11-15)35-21(24(39)40)14-9-17(28)22(18(29)10-14)37-41-8-7-26(30,31)32/h9-10,12-13,15-16,20,37H,5-8,11H2,1-4H3,(H,33,34,36). The van der Waals surface area contributed by atoms with Crippen molar-refractivity contribution in [2.75, 3.05) is 29.9 Å². The molecule has 8 nitrogen and oxygen atoms in total. The summed E-state index contributed by atoms with van der Waals surface area (Å²) in [7, 11) is 3.69. The summed E-state index contributed by atoms with van der Waals surface area (Å²) in [6.07, 6.45) is -3.51. The Bertz CT molecular complexity index is 1430. The van der Waals surface area contributed by atoms with E-state index in [1.807, 2.05) is 19.0 Å². The average molecular weight is 604 g/mol. The molecule has 1 fully saturated rings. The van der Waals surface area contributed by atoms with E-state index in [-0.39, 0.29) is 46.9 Å². The molecule has 0 saturated heterocycles. The molecule has 2 heterocycles. The van der Waals surface area contributed by atoms with Gasteiger partial charge >= 0.3 is 6.18 Å². The highest BCUT2D eigenvalue weighted by Gasteiger charge is 2.32. The van der Waals surface area contributed by atoms with Gasteiger partial charge < -0.3 is 14.9 Å². The summed E-state index contributed by atoms with van der Waals surface area (Å²) in [6.45, 7) is 3.48. The van der Waals surface area contributed by atoms with Crippen LogP contribution in [0.5, 0.6) is 0 Å². The summed E-state index contributed by atoms with van der Waals surface area (Å²) in [5.74, 6) is -2.43. The van der Waals surface area contributed by atoms with Crippen LogP contribution in [0, 0.1) is 11.6 Å². The Kier molecular flexibility index (Phi) is 9.36. The highest BCUT2D eigenvalue weighted by atomic mass is 32.2. The fourth-order valence-electron chi connectivity index (χ4n) is 4.83. The van der Waals surface area contributed by atoms with E-state index in [4.69, 9.17) is 0 Å². The number of rotatable bonds is 9. The van der Waals surface area contributed by atoms with Gasteiger partial charge in [-0.2, -0.15) is 18.2 Å². The van der Waals surface area contributed by atoms with Gasteiger partial charge in [0.25, 0.3) is 5.56 Å². The van der Waals surface area contributed by atoms with Crippen LogP contribution in [0.3, 0.4) is 0 Å². The summed E-state index contributed by atoms with van der Waals surface area (Å²) in [5, 5.41) is 3.15. The highest BCUT2D eigenvalue weighted by Crippen LogP contribution is 2.30. The number of halogens is 6. The SMILES string of the molecule is CC(C)n1c(=O)c(-c2cc(F)c(NSCCC(F)(F)F)c(F)c2)nc2cnc(NC3CCC(N(C)C)C(F)C3)nc21. The van der Waals surface area contributed by atoms with Gasteiger partial charge in [-0.15, -0.1) is 0 Å². The molecule has 3 unspecified atom stereocenters. The van der Waals surface area contributed by atoms with Crippen LogP contribution in [0.25, 0.3) is 22.4 Å². The maximum absolute atomic E-state index is 14.8. The third-order valence-corrected chi connectivity index (χ3v) is 7.62. The van der Waals surface area contributed by atoms with Crippen LogP contribution >= 0.6 is 11.9 Å². The Morgan fingerprint density at radius 3 is 2.41 bits per heavy atom. The maximum atomic E-state index is 14.8. The number of nitrogens with one attached hydrogen (secondary N) is 2. The van der Waals surface area contributed by atoms with Gasteiger partial charge in [-0.1, -0.05) is 11.9 Å². The lowest BCUT2D eigenvalue weighted by molar-refractivity contribution is -0.129. The maximum Gasteiger partial charge on any atom is 0.389 e. The molecule has 0 radical (unpaired) electrons. The number of anilines is 2. The molecule has 2 aromatic heterocycles. The first kappa shape index (κ1) is 30.9. The summed E-state index contributed by atoms with van der Waals surface area (Å²) < 4.78 is 84.9. The van der Waals surface area contributed by atoms with Gasteiger partial charge in [0.15, 0.2) is 17.3 Å².